The van der Waals surface area contributed by atoms with Gasteiger partial charge in [0.05, 0.1) is 7.11 Å². The molecule has 4 heteroatoms. The van der Waals surface area contributed by atoms with Gasteiger partial charge in [0.2, 0.25) is 0 Å². The van der Waals surface area contributed by atoms with E-state index in [-0.39, 0.29) is 9.54 Å². The molecule has 0 unspecified atom stereocenters. The average Bonchev–Trinajstić information content (AvgIpc) is 2.07. The minimum absolute atomic E-state index is 0.0605. The summed E-state index contributed by atoms with van der Waals surface area (Å²) >= 11 is 1.74. The van der Waals surface area contributed by atoms with Crippen LogP contribution in [0.2, 0.25) is 0 Å². The maximum Gasteiger partial charge on any atom is 0.196 e. The Morgan fingerprint density at radius 3 is 2.85 bits per heavy atom. The number of hydrogen-bond acceptors (Lipinski definition) is 3. The summed E-state index contributed by atoms with van der Waals surface area (Å²) in [5.74, 6) is 0.488. The molecule has 0 aliphatic rings. The first kappa shape index (κ1) is 10.3. The average molecular weight is 292 g/mol. The standard InChI is InChI=1S/C9H9IO3/c1-13-8-4-6(5-9(10)12)2-3-7(8)11/h2-4,11H,5H2,1H3. The second-order valence-corrected chi connectivity index (χ2v) is 3.74. The molecule has 0 aliphatic heterocycles. The van der Waals surface area contributed by atoms with Crippen LogP contribution in [-0.2, 0) is 11.2 Å². The highest BCUT2D eigenvalue weighted by Gasteiger charge is 2.04. The van der Waals surface area contributed by atoms with Gasteiger partial charge in [-0.2, -0.15) is 0 Å². The van der Waals surface area contributed by atoms with Crippen molar-refractivity contribution < 1.29 is 14.6 Å². The molecule has 1 N–H and O–H groups in total. The smallest absolute Gasteiger partial charge is 0.196 e. The number of hydrogen-bond donors (Lipinski definition) is 1. The van der Waals surface area contributed by atoms with Crippen LogP contribution in [0, 0.1) is 0 Å². The lowest BCUT2D eigenvalue weighted by atomic mass is 10.1. The Morgan fingerprint density at radius 2 is 2.31 bits per heavy atom. The molecular formula is C9H9IO3. The van der Waals surface area contributed by atoms with Gasteiger partial charge in [-0.3, -0.25) is 4.79 Å². The SMILES string of the molecule is COc1cc(CC(=O)I)ccc1O. The van der Waals surface area contributed by atoms with Gasteiger partial charge >= 0.3 is 0 Å². The molecule has 0 aliphatic carbocycles. The Hall–Kier alpha value is -0.780. The first-order chi connectivity index (χ1) is 6.13. The zero-order valence-corrected chi connectivity index (χ0v) is 9.24. The van der Waals surface area contributed by atoms with Crippen molar-refractivity contribution in [2.24, 2.45) is 0 Å². The molecule has 3 nitrogen and oxygen atoms in total. The molecule has 0 heterocycles. The molecule has 0 radical (unpaired) electrons. The number of benzene rings is 1. The van der Waals surface area contributed by atoms with Crippen molar-refractivity contribution in [1.82, 2.24) is 0 Å². The lowest BCUT2D eigenvalue weighted by Gasteiger charge is -2.04. The first-order valence-electron chi connectivity index (χ1n) is 3.67. The van der Waals surface area contributed by atoms with E-state index in [2.05, 4.69) is 0 Å². The van der Waals surface area contributed by atoms with E-state index in [0.717, 1.165) is 5.56 Å². The second-order valence-electron chi connectivity index (χ2n) is 2.54. The highest BCUT2D eigenvalue weighted by molar-refractivity contribution is 14.1. The normalized spacial score (nSPS) is 9.69. The van der Waals surface area contributed by atoms with E-state index < -0.39 is 0 Å². The molecule has 0 bridgehead atoms. The lowest BCUT2D eigenvalue weighted by molar-refractivity contribution is -0.108. The summed E-state index contributed by atoms with van der Waals surface area (Å²) in [5.41, 5.74) is 0.842. The van der Waals surface area contributed by atoms with Crippen molar-refractivity contribution in [1.29, 1.82) is 0 Å². The maximum atomic E-state index is 10.8. The van der Waals surface area contributed by atoms with Crippen molar-refractivity contribution >= 4 is 26.4 Å². The summed E-state index contributed by atoms with van der Waals surface area (Å²) in [7, 11) is 1.48. The Bertz CT molecular complexity index is 323. The number of ether oxygens (including phenoxy) is 1. The van der Waals surface area contributed by atoms with E-state index in [4.69, 9.17) is 4.74 Å². The maximum absolute atomic E-state index is 10.8. The fourth-order valence-corrected chi connectivity index (χ4v) is 1.43. The molecule has 70 valence electrons. The molecule has 0 amide bonds. The molecule has 1 aromatic rings. The zero-order chi connectivity index (χ0) is 9.84. The van der Waals surface area contributed by atoms with Gasteiger partial charge in [0.15, 0.2) is 15.3 Å². The van der Waals surface area contributed by atoms with E-state index in [9.17, 15) is 9.90 Å². The monoisotopic (exact) mass is 292 g/mol. The van der Waals surface area contributed by atoms with Crippen LogP contribution >= 0.6 is 22.6 Å². The molecule has 0 spiro atoms. The van der Waals surface area contributed by atoms with Crippen LogP contribution in [0.1, 0.15) is 5.56 Å². The summed E-state index contributed by atoms with van der Waals surface area (Å²) < 4.78 is 4.96. The summed E-state index contributed by atoms with van der Waals surface area (Å²) in [6, 6.07) is 4.88. The minimum Gasteiger partial charge on any atom is -0.504 e. The lowest BCUT2D eigenvalue weighted by Crippen LogP contribution is -1.93. The van der Waals surface area contributed by atoms with Crippen molar-refractivity contribution in [3.05, 3.63) is 23.8 Å². The Balaban J connectivity index is 2.92. The Morgan fingerprint density at radius 1 is 1.62 bits per heavy atom. The van der Waals surface area contributed by atoms with Gasteiger partial charge < -0.3 is 9.84 Å². The van der Waals surface area contributed by atoms with Crippen LogP contribution in [0.25, 0.3) is 0 Å². The van der Waals surface area contributed by atoms with E-state index >= 15 is 0 Å². The Labute approximate surface area is 89.9 Å². The fraction of sp³-hybridized carbons (Fsp3) is 0.222. The molecule has 0 saturated heterocycles. The quantitative estimate of drug-likeness (QED) is 0.683. The van der Waals surface area contributed by atoms with E-state index in [1.807, 2.05) is 0 Å². The highest BCUT2D eigenvalue weighted by Crippen LogP contribution is 2.26. The molecular weight excluding hydrogens is 283 g/mol. The van der Waals surface area contributed by atoms with Gasteiger partial charge in [-0.05, 0) is 40.3 Å². The predicted molar refractivity (Wildman–Crippen MR) is 57.4 cm³/mol. The first-order valence-corrected chi connectivity index (χ1v) is 4.75. The second kappa shape index (κ2) is 4.45. The van der Waals surface area contributed by atoms with E-state index in [1.165, 1.54) is 13.2 Å². The largest absolute Gasteiger partial charge is 0.504 e. The topological polar surface area (TPSA) is 46.5 Å². The van der Waals surface area contributed by atoms with Gasteiger partial charge in [0, 0.05) is 6.42 Å². The Kier molecular flexibility index (Phi) is 3.53. The van der Waals surface area contributed by atoms with Crippen LogP contribution < -0.4 is 4.74 Å². The summed E-state index contributed by atoms with van der Waals surface area (Å²) in [6.45, 7) is 0. The number of methoxy groups -OCH3 is 1. The zero-order valence-electron chi connectivity index (χ0n) is 7.08. The molecule has 0 fully saturated rings. The number of carbonyl (C=O) groups is 1. The number of rotatable bonds is 3. The number of halogens is 1. The number of phenols is 1. The molecule has 1 aromatic carbocycles. The van der Waals surface area contributed by atoms with Gasteiger partial charge in [0.25, 0.3) is 0 Å². The van der Waals surface area contributed by atoms with Crippen molar-refractivity contribution in [2.75, 3.05) is 7.11 Å². The van der Waals surface area contributed by atoms with Crippen molar-refractivity contribution in [2.45, 2.75) is 6.42 Å². The van der Waals surface area contributed by atoms with Crippen LogP contribution in [0.3, 0.4) is 0 Å². The van der Waals surface area contributed by atoms with Crippen LogP contribution in [-0.4, -0.2) is 16.0 Å². The number of aromatic hydroxyl groups is 1. The van der Waals surface area contributed by atoms with Gasteiger partial charge in [-0.1, -0.05) is 6.07 Å². The third-order valence-electron chi connectivity index (χ3n) is 1.59. The molecule has 0 saturated carbocycles. The van der Waals surface area contributed by atoms with Crippen LogP contribution in [0.5, 0.6) is 11.5 Å². The van der Waals surface area contributed by atoms with E-state index in [0.29, 0.717) is 12.2 Å². The molecule has 1 rings (SSSR count). The minimum atomic E-state index is 0.0605. The van der Waals surface area contributed by atoms with Crippen LogP contribution in [0.4, 0.5) is 0 Å². The summed E-state index contributed by atoms with van der Waals surface area (Å²) in [4.78, 5) is 10.8. The number of carbonyl (C=O) groups excluding carboxylic acids is 1. The van der Waals surface area contributed by atoms with Crippen LogP contribution in [0.15, 0.2) is 18.2 Å². The predicted octanol–water partition coefficient (Wildman–Crippen LogP) is 1.90. The fourth-order valence-electron chi connectivity index (χ4n) is 0.992. The molecule has 13 heavy (non-hydrogen) atoms. The van der Waals surface area contributed by atoms with Gasteiger partial charge in [-0.15, -0.1) is 0 Å². The third-order valence-corrected chi connectivity index (χ3v) is 1.97. The third kappa shape index (κ3) is 2.87. The molecule has 0 aromatic heterocycles. The van der Waals surface area contributed by atoms with E-state index in [1.54, 1.807) is 34.7 Å². The summed E-state index contributed by atoms with van der Waals surface area (Å²) in [5, 5.41) is 9.26. The molecule has 0 atom stereocenters. The van der Waals surface area contributed by atoms with Crippen molar-refractivity contribution in [3.8, 4) is 11.5 Å². The highest BCUT2D eigenvalue weighted by atomic mass is 127. The van der Waals surface area contributed by atoms with Gasteiger partial charge in [0.1, 0.15) is 0 Å². The van der Waals surface area contributed by atoms with Crippen molar-refractivity contribution in [3.63, 3.8) is 0 Å². The summed E-state index contributed by atoms with van der Waals surface area (Å²) in [6.07, 6.45) is 0.358. The number of phenolic OH excluding ortho intramolecular Hbond substituents is 1. The van der Waals surface area contributed by atoms with Gasteiger partial charge in [-0.25, -0.2) is 0 Å².